The van der Waals surface area contributed by atoms with Crippen molar-refractivity contribution in [2.24, 2.45) is 5.73 Å². The van der Waals surface area contributed by atoms with E-state index in [0.717, 1.165) is 11.1 Å². The number of nitrogens with one attached hydrogen (secondary N) is 4. The highest BCUT2D eigenvalue weighted by Crippen LogP contribution is 2.11. The van der Waals surface area contributed by atoms with Crippen LogP contribution in [0.5, 0.6) is 0 Å². The van der Waals surface area contributed by atoms with Crippen LogP contribution in [0.1, 0.15) is 44.2 Å². The van der Waals surface area contributed by atoms with Crippen molar-refractivity contribution < 1.29 is 23.9 Å². The number of aryl methyl sites for hydroxylation is 1. The van der Waals surface area contributed by atoms with Gasteiger partial charge in [-0.1, -0.05) is 48.0 Å². The summed E-state index contributed by atoms with van der Waals surface area (Å²) in [5.74, 6) is -1.74. The first kappa shape index (κ1) is 31.5. The fourth-order valence-corrected chi connectivity index (χ4v) is 3.80. The third-order valence-corrected chi connectivity index (χ3v) is 5.75. The molecule has 0 heterocycles. The van der Waals surface area contributed by atoms with E-state index in [4.69, 9.17) is 10.5 Å². The van der Waals surface area contributed by atoms with Gasteiger partial charge in [-0.15, -0.1) is 0 Å². The Kier molecular flexibility index (Phi) is 13.7. The molecule has 4 amide bonds. The Morgan fingerprint density at radius 1 is 0.795 bits per heavy atom. The lowest BCUT2D eigenvalue weighted by Gasteiger charge is -2.23. The monoisotopic (exact) mass is 539 g/mol. The van der Waals surface area contributed by atoms with Gasteiger partial charge < -0.3 is 31.7 Å². The number of amides is 4. The third-order valence-electron chi connectivity index (χ3n) is 5.75. The molecule has 0 radical (unpaired) electrons. The first-order valence-corrected chi connectivity index (χ1v) is 13.3. The second-order valence-electron chi connectivity index (χ2n) is 9.73. The predicted octanol–water partition coefficient (Wildman–Crippen LogP) is 1.82. The summed E-state index contributed by atoms with van der Waals surface area (Å²) in [6.45, 7) is 5.40. The Morgan fingerprint density at radius 2 is 1.44 bits per heavy atom. The average Bonchev–Trinajstić information content (AvgIpc) is 2.89. The number of benzene rings is 2. The molecule has 0 aliphatic heterocycles. The number of anilines is 1. The van der Waals surface area contributed by atoms with Gasteiger partial charge in [-0.05, 0) is 64.3 Å². The number of rotatable bonds is 16. The lowest BCUT2D eigenvalue weighted by atomic mass is 10.0. The van der Waals surface area contributed by atoms with Crippen LogP contribution in [0.15, 0.2) is 54.6 Å². The van der Waals surface area contributed by atoms with Gasteiger partial charge in [0, 0.05) is 18.2 Å². The van der Waals surface area contributed by atoms with Gasteiger partial charge in [-0.25, -0.2) is 0 Å². The Hall–Kier alpha value is -3.76. The van der Waals surface area contributed by atoms with Crippen LogP contribution in [-0.4, -0.2) is 61.5 Å². The maximum atomic E-state index is 13.4. The summed E-state index contributed by atoms with van der Waals surface area (Å²) in [4.78, 5) is 50.9. The largest absolute Gasteiger partial charge is 0.362 e. The second kappa shape index (κ2) is 17.0. The molecule has 0 spiro atoms. The quantitative estimate of drug-likeness (QED) is 0.205. The summed E-state index contributed by atoms with van der Waals surface area (Å²) in [5, 5.41) is 11.0. The molecule has 2 unspecified atom stereocenters. The van der Waals surface area contributed by atoms with Crippen molar-refractivity contribution in [2.75, 3.05) is 25.1 Å². The van der Waals surface area contributed by atoms with E-state index in [1.165, 1.54) is 0 Å². The summed E-state index contributed by atoms with van der Waals surface area (Å²) in [6, 6.07) is 14.8. The number of hydrogen-bond donors (Lipinski definition) is 5. The molecule has 0 fully saturated rings. The molecule has 0 saturated heterocycles. The van der Waals surface area contributed by atoms with Crippen LogP contribution in [0, 0.1) is 6.92 Å². The highest BCUT2D eigenvalue weighted by molar-refractivity contribution is 5.98. The molecule has 0 aromatic heterocycles. The smallest absolute Gasteiger partial charge is 0.246 e. The van der Waals surface area contributed by atoms with Gasteiger partial charge in [-0.3, -0.25) is 19.2 Å². The van der Waals surface area contributed by atoms with Gasteiger partial charge in [0.1, 0.15) is 25.3 Å². The molecule has 2 aromatic carbocycles. The van der Waals surface area contributed by atoms with E-state index >= 15 is 0 Å². The zero-order valence-corrected chi connectivity index (χ0v) is 23.0. The first-order chi connectivity index (χ1) is 18.7. The van der Waals surface area contributed by atoms with E-state index in [9.17, 15) is 19.2 Å². The van der Waals surface area contributed by atoms with Gasteiger partial charge in [0.15, 0.2) is 0 Å². The highest BCUT2D eigenvalue weighted by Gasteiger charge is 2.27. The van der Waals surface area contributed by atoms with Gasteiger partial charge in [0.05, 0.1) is 0 Å². The van der Waals surface area contributed by atoms with Crippen molar-refractivity contribution in [3.05, 3.63) is 65.7 Å². The van der Waals surface area contributed by atoms with Crippen molar-refractivity contribution in [2.45, 2.75) is 64.6 Å². The minimum atomic E-state index is -0.961. The number of carbonyl (C=O) groups is 4. The molecule has 0 aliphatic carbocycles. The molecule has 10 nitrogen and oxygen atoms in total. The number of nitrogens with two attached hydrogens (primary N) is 1. The summed E-state index contributed by atoms with van der Waals surface area (Å²) >= 11 is 0. The van der Waals surface area contributed by atoms with E-state index in [1.54, 1.807) is 12.1 Å². The predicted molar refractivity (Wildman–Crippen MR) is 151 cm³/mol. The van der Waals surface area contributed by atoms with Crippen molar-refractivity contribution in [1.82, 2.24) is 16.0 Å². The topological polar surface area (TPSA) is 152 Å². The standard InChI is InChI=1S/C29H41N5O5/c1-20(2)31-26(35)18-39-19-27(36)33-25(17-22-9-5-4-6-10-22)29(38)34-24(11-7-8-16-30)28(37)32-23-14-12-21(3)13-15-23/h4-6,9-10,12-15,20,24-25H,7-8,11,16-19,30H2,1-3H3,(H,31,35)(H,32,37)(H,33,36)(H,34,38). The average molecular weight is 540 g/mol. The van der Waals surface area contributed by atoms with Crippen LogP contribution >= 0.6 is 0 Å². The Morgan fingerprint density at radius 3 is 2.05 bits per heavy atom. The molecular weight excluding hydrogens is 498 g/mol. The Balaban J connectivity index is 2.09. The Labute approximate surface area is 230 Å². The van der Waals surface area contributed by atoms with Gasteiger partial charge in [0.25, 0.3) is 0 Å². The fraction of sp³-hybridized carbons (Fsp3) is 0.448. The maximum Gasteiger partial charge on any atom is 0.246 e. The summed E-state index contributed by atoms with van der Waals surface area (Å²) < 4.78 is 5.22. The lowest BCUT2D eigenvalue weighted by molar-refractivity contribution is -0.134. The van der Waals surface area contributed by atoms with E-state index in [-0.39, 0.29) is 30.9 Å². The van der Waals surface area contributed by atoms with Crippen LogP contribution < -0.4 is 27.0 Å². The van der Waals surface area contributed by atoms with Crippen LogP contribution in [-0.2, 0) is 30.3 Å². The first-order valence-electron chi connectivity index (χ1n) is 13.3. The summed E-state index contributed by atoms with van der Waals surface area (Å²) in [6.07, 6.45) is 1.95. The maximum absolute atomic E-state index is 13.4. The SMILES string of the molecule is Cc1ccc(NC(=O)C(CCCCN)NC(=O)C(Cc2ccccc2)NC(=O)COCC(=O)NC(C)C)cc1. The van der Waals surface area contributed by atoms with Crippen LogP contribution in [0.25, 0.3) is 0 Å². The third kappa shape index (κ3) is 12.6. The zero-order chi connectivity index (χ0) is 28.6. The van der Waals surface area contributed by atoms with Crippen molar-refractivity contribution in [3.8, 4) is 0 Å². The molecular formula is C29H41N5O5. The molecule has 6 N–H and O–H groups in total. The number of ether oxygens (including phenoxy) is 1. The van der Waals surface area contributed by atoms with Crippen LogP contribution in [0.4, 0.5) is 5.69 Å². The van der Waals surface area contributed by atoms with E-state index in [0.29, 0.717) is 31.5 Å². The molecule has 2 atom stereocenters. The highest BCUT2D eigenvalue weighted by atomic mass is 16.5. The van der Waals surface area contributed by atoms with Crippen molar-refractivity contribution in [1.29, 1.82) is 0 Å². The van der Waals surface area contributed by atoms with Crippen molar-refractivity contribution in [3.63, 3.8) is 0 Å². The second-order valence-corrected chi connectivity index (χ2v) is 9.73. The fourth-order valence-electron chi connectivity index (χ4n) is 3.80. The van der Waals surface area contributed by atoms with E-state index < -0.39 is 30.5 Å². The molecule has 2 aromatic rings. The number of carbonyl (C=O) groups excluding carboxylic acids is 4. The number of unbranched alkanes of at least 4 members (excludes halogenated alkanes) is 1. The molecule has 0 aliphatic rings. The minimum Gasteiger partial charge on any atom is -0.362 e. The Bertz CT molecular complexity index is 1060. The normalized spacial score (nSPS) is 12.3. The molecule has 0 bridgehead atoms. The zero-order valence-electron chi connectivity index (χ0n) is 23.0. The molecule has 2 rings (SSSR count). The van der Waals surface area contributed by atoms with Gasteiger partial charge >= 0.3 is 0 Å². The minimum absolute atomic E-state index is 0.0464. The van der Waals surface area contributed by atoms with Crippen LogP contribution in [0.2, 0.25) is 0 Å². The number of hydrogen-bond acceptors (Lipinski definition) is 6. The molecule has 10 heteroatoms. The van der Waals surface area contributed by atoms with Crippen molar-refractivity contribution >= 4 is 29.3 Å². The van der Waals surface area contributed by atoms with Gasteiger partial charge in [0.2, 0.25) is 23.6 Å². The summed E-state index contributed by atoms with van der Waals surface area (Å²) in [7, 11) is 0. The molecule has 39 heavy (non-hydrogen) atoms. The molecule has 0 saturated carbocycles. The van der Waals surface area contributed by atoms with E-state index in [1.807, 2.05) is 63.2 Å². The molecule has 212 valence electrons. The van der Waals surface area contributed by atoms with Crippen LogP contribution in [0.3, 0.4) is 0 Å². The van der Waals surface area contributed by atoms with Gasteiger partial charge in [-0.2, -0.15) is 0 Å². The van der Waals surface area contributed by atoms with E-state index in [2.05, 4.69) is 21.3 Å². The lowest BCUT2D eigenvalue weighted by Crippen LogP contribution is -2.54. The summed E-state index contributed by atoms with van der Waals surface area (Å²) in [5.41, 5.74) is 8.14.